The summed E-state index contributed by atoms with van der Waals surface area (Å²) in [5, 5.41) is 0. The van der Waals surface area contributed by atoms with E-state index < -0.39 is 0 Å². The number of ether oxygens (including phenoxy) is 1. The van der Waals surface area contributed by atoms with Crippen molar-refractivity contribution in [3.63, 3.8) is 0 Å². The molecule has 5 nitrogen and oxygen atoms in total. The average Bonchev–Trinajstić information content (AvgIpc) is 2.89. The largest absolute Gasteiger partial charge is 0.369 e. The van der Waals surface area contributed by atoms with E-state index in [4.69, 9.17) is 4.74 Å². The molecule has 116 valence electrons. The van der Waals surface area contributed by atoms with Crippen LogP contribution in [-0.4, -0.2) is 44.6 Å². The van der Waals surface area contributed by atoms with Crippen LogP contribution in [0.15, 0.2) is 18.7 Å². The molecular formula is C16H25N3O2. The van der Waals surface area contributed by atoms with Gasteiger partial charge in [-0.3, -0.25) is 4.79 Å². The van der Waals surface area contributed by atoms with Crippen molar-refractivity contribution in [2.75, 3.05) is 13.1 Å². The maximum atomic E-state index is 12.4. The molecule has 5 heteroatoms. The number of imidazole rings is 1. The topological polar surface area (TPSA) is 47.4 Å². The van der Waals surface area contributed by atoms with Gasteiger partial charge in [-0.25, -0.2) is 4.98 Å². The van der Waals surface area contributed by atoms with Crippen molar-refractivity contribution in [2.24, 2.45) is 5.92 Å². The molecule has 1 aromatic rings. The van der Waals surface area contributed by atoms with Crippen molar-refractivity contribution < 1.29 is 9.53 Å². The van der Waals surface area contributed by atoms with E-state index in [0.29, 0.717) is 12.5 Å². The van der Waals surface area contributed by atoms with E-state index in [0.717, 1.165) is 32.4 Å². The Labute approximate surface area is 126 Å². The van der Waals surface area contributed by atoms with E-state index in [9.17, 15) is 4.79 Å². The van der Waals surface area contributed by atoms with Crippen molar-refractivity contribution >= 4 is 5.91 Å². The number of rotatable bonds is 2. The number of carbonyl (C=O) groups excluding carboxylic acids is 1. The molecule has 2 aliphatic rings. The predicted octanol–water partition coefficient (Wildman–Crippen LogP) is 2.08. The Morgan fingerprint density at radius 2 is 2.19 bits per heavy atom. The van der Waals surface area contributed by atoms with Gasteiger partial charge in [-0.1, -0.05) is 0 Å². The highest BCUT2D eigenvalue weighted by Crippen LogP contribution is 2.43. The third-order valence-electron chi connectivity index (χ3n) is 5.02. The number of piperidine rings is 1. The van der Waals surface area contributed by atoms with Gasteiger partial charge in [0.15, 0.2) is 0 Å². The van der Waals surface area contributed by atoms with E-state index >= 15 is 0 Å². The molecule has 0 aromatic carbocycles. The van der Waals surface area contributed by atoms with Crippen LogP contribution in [0.5, 0.6) is 0 Å². The second-order valence-corrected chi connectivity index (χ2v) is 7.23. The van der Waals surface area contributed by atoms with Crippen LogP contribution < -0.4 is 0 Å². The molecule has 1 aromatic heterocycles. The summed E-state index contributed by atoms with van der Waals surface area (Å²) in [6.07, 6.45) is 8.36. The normalized spacial score (nSPS) is 31.8. The fraction of sp³-hybridized carbons (Fsp3) is 0.750. The number of aromatic nitrogens is 2. The fourth-order valence-electron chi connectivity index (χ4n) is 3.71. The van der Waals surface area contributed by atoms with Gasteiger partial charge in [0.05, 0.1) is 17.5 Å². The van der Waals surface area contributed by atoms with Gasteiger partial charge in [-0.2, -0.15) is 0 Å². The Hall–Kier alpha value is -1.36. The second kappa shape index (κ2) is 5.13. The lowest BCUT2D eigenvalue weighted by molar-refractivity contribution is -0.214. The van der Waals surface area contributed by atoms with Gasteiger partial charge in [0.1, 0.15) is 6.54 Å². The monoisotopic (exact) mass is 291 g/mol. The first-order valence-corrected chi connectivity index (χ1v) is 7.82. The molecule has 21 heavy (non-hydrogen) atoms. The van der Waals surface area contributed by atoms with E-state index in [1.165, 1.54) is 0 Å². The summed E-state index contributed by atoms with van der Waals surface area (Å²) >= 11 is 0. The second-order valence-electron chi connectivity index (χ2n) is 7.23. The van der Waals surface area contributed by atoms with Gasteiger partial charge in [-0.05, 0) is 40.0 Å². The zero-order valence-corrected chi connectivity index (χ0v) is 13.2. The van der Waals surface area contributed by atoms with E-state index in [-0.39, 0.29) is 17.1 Å². The number of hydrogen-bond donors (Lipinski definition) is 0. The summed E-state index contributed by atoms with van der Waals surface area (Å²) in [5.74, 6) is 0.630. The molecule has 3 heterocycles. The minimum absolute atomic E-state index is 0.0335. The smallest absolute Gasteiger partial charge is 0.242 e. The molecule has 0 radical (unpaired) electrons. The molecule has 2 saturated heterocycles. The highest BCUT2D eigenvalue weighted by molar-refractivity contribution is 5.76. The first-order valence-electron chi connectivity index (χ1n) is 7.82. The number of fused-ring (bicyclic) bond motifs is 1. The summed E-state index contributed by atoms with van der Waals surface area (Å²) in [7, 11) is 0. The lowest BCUT2D eigenvalue weighted by atomic mass is 9.74. The number of hydrogen-bond acceptors (Lipinski definition) is 3. The van der Waals surface area contributed by atoms with Crippen LogP contribution >= 0.6 is 0 Å². The first-order chi connectivity index (χ1) is 9.88. The van der Waals surface area contributed by atoms with Gasteiger partial charge in [0.25, 0.3) is 0 Å². The van der Waals surface area contributed by atoms with Crippen LogP contribution in [0.1, 0.15) is 40.0 Å². The molecule has 2 atom stereocenters. The Kier molecular flexibility index (Phi) is 3.56. The molecule has 0 aliphatic carbocycles. The van der Waals surface area contributed by atoms with Crippen molar-refractivity contribution in [3.8, 4) is 0 Å². The van der Waals surface area contributed by atoms with Gasteiger partial charge >= 0.3 is 0 Å². The summed E-state index contributed by atoms with van der Waals surface area (Å²) < 4.78 is 8.18. The Balaban J connectivity index is 1.64. The predicted molar refractivity (Wildman–Crippen MR) is 79.7 cm³/mol. The quantitative estimate of drug-likeness (QED) is 0.838. The maximum Gasteiger partial charge on any atom is 0.242 e. The van der Waals surface area contributed by atoms with Gasteiger partial charge in [0, 0.05) is 31.4 Å². The molecule has 1 amide bonds. The van der Waals surface area contributed by atoms with Crippen LogP contribution in [0.3, 0.4) is 0 Å². The minimum Gasteiger partial charge on any atom is -0.369 e. The highest BCUT2D eigenvalue weighted by Gasteiger charge is 2.47. The minimum atomic E-state index is -0.0759. The van der Waals surface area contributed by atoms with Crippen LogP contribution in [0.4, 0.5) is 0 Å². The third-order valence-corrected chi connectivity index (χ3v) is 5.02. The molecule has 0 spiro atoms. The fourth-order valence-corrected chi connectivity index (χ4v) is 3.71. The lowest BCUT2D eigenvalue weighted by Crippen LogP contribution is -2.58. The molecule has 0 bridgehead atoms. The maximum absolute atomic E-state index is 12.4. The van der Waals surface area contributed by atoms with Crippen LogP contribution in [0.2, 0.25) is 0 Å². The molecule has 2 aliphatic heterocycles. The zero-order chi connectivity index (χ0) is 15.1. The van der Waals surface area contributed by atoms with Crippen molar-refractivity contribution in [1.82, 2.24) is 14.5 Å². The average molecular weight is 291 g/mol. The SMILES string of the molecule is CC1(C)CC[C@H]2CN(C(=O)Cn3ccnc3)CC[C@@]2(C)O1. The molecule has 3 rings (SSSR count). The lowest BCUT2D eigenvalue weighted by Gasteiger charge is -2.53. The van der Waals surface area contributed by atoms with Crippen molar-refractivity contribution in [2.45, 2.75) is 57.8 Å². The third kappa shape index (κ3) is 2.98. The van der Waals surface area contributed by atoms with Crippen molar-refractivity contribution in [1.29, 1.82) is 0 Å². The highest BCUT2D eigenvalue weighted by atomic mass is 16.5. The molecular weight excluding hydrogens is 266 g/mol. The zero-order valence-electron chi connectivity index (χ0n) is 13.2. The number of amides is 1. The number of nitrogens with zero attached hydrogens (tertiary/aromatic N) is 3. The van der Waals surface area contributed by atoms with Gasteiger partial charge < -0.3 is 14.2 Å². The summed E-state index contributed by atoms with van der Waals surface area (Å²) in [6, 6.07) is 0. The Morgan fingerprint density at radius 1 is 1.38 bits per heavy atom. The Bertz CT molecular complexity index is 512. The number of carbonyl (C=O) groups is 1. The summed E-state index contributed by atoms with van der Waals surface area (Å²) in [5.41, 5.74) is -0.109. The van der Waals surface area contributed by atoms with E-state index in [2.05, 4.69) is 25.8 Å². The number of likely N-dealkylation sites (tertiary alicyclic amines) is 1. The van der Waals surface area contributed by atoms with Crippen LogP contribution in [0, 0.1) is 5.92 Å². The molecule has 2 fully saturated rings. The Morgan fingerprint density at radius 3 is 2.90 bits per heavy atom. The molecule has 0 N–H and O–H groups in total. The van der Waals surface area contributed by atoms with Crippen LogP contribution in [0.25, 0.3) is 0 Å². The first kappa shape index (κ1) is 14.6. The van der Waals surface area contributed by atoms with Gasteiger partial charge in [0.2, 0.25) is 5.91 Å². The van der Waals surface area contributed by atoms with Crippen LogP contribution in [-0.2, 0) is 16.1 Å². The van der Waals surface area contributed by atoms with Crippen molar-refractivity contribution in [3.05, 3.63) is 18.7 Å². The summed E-state index contributed by atoms with van der Waals surface area (Å²) in [6.45, 7) is 8.55. The van der Waals surface area contributed by atoms with E-state index in [1.54, 1.807) is 12.5 Å². The summed E-state index contributed by atoms with van der Waals surface area (Å²) in [4.78, 5) is 18.4. The molecule has 0 unspecified atom stereocenters. The van der Waals surface area contributed by atoms with E-state index in [1.807, 2.05) is 15.7 Å². The standard InChI is InChI=1S/C16H25N3O2/c1-15(2)5-4-13-10-19(8-6-16(13,3)21-15)14(20)11-18-9-7-17-12-18/h7,9,12-13H,4-6,8,10-11H2,1-3H3/t13-,16+/m0/s1. The molecule has 0 saturated carbocycles. The van der Waals surface area contributed by atoms with Gasteiger partial charge in [-0.15, -0.1) is 0 Å².